The van der Waals surface area contributed by atoms with Gasteiger partial charge in [0.2, 0.25) is 5.91 Å². The molecule has 29 heavy (non-hydrogen) atoms. The molecular formula is C22H27FN4O2. The summed E-state index contributed by atoms with van der Waals surface area (Å²) in [6, 6.07) is 8.76. The number of fused-ring (bicyclic) bond motifs is 1. The maximum absolute atomic E-state index is 13.7. The van der Waals surface area contributed by atoms with Crippen LogP contribution in [0.4, 0.5) is 4.39 Å². The number of rotatable bonds is 4. The van der Waals surface area contributed by atoms with Crippen LogP contribution in [0.3, 0.4) is 0 Å². The first-order valence-electron chi connectivity index (χ1n) is 10.1. The largest absolute Gasteiger partial charge is 0.347 e. The van der Waals surface area contributed by atoms with E-state index in [0.29, 0.717) is 30.6 Å². The van der Waals surface area contributed by atoms with Gasteiger partial charge >= 0.3 is 5.69 Å². The van der Waals surface area contributed by atoms with Gasteiger partial charge in [-0.05, 0) is 50.6 Å². The van der Waals surface area contributed by atoms with Gasteiger partial charge in [0.15, 0.2) is 0 Å². The first-order valence-corrected chi connectivity index (χ1v) is 10.1. The van der Waals surface area contributed by atoms with Crippen molar-refractivity contribution in [2.24, 2.45) is 11.8 Å². The van der Waals surface area contributed by atoms with Gasteiger partial charge in [0.05, 0.1) is 0 Å². The van der Waals surface area contributed by atoms with Crippen molar-refractivity contribution in [1.82, 2.24) is 19.4 Å². The molecule has 7 heteroatoms. The minimum absolute atomic E-state index is 0.0620. The number of hydrogen-bond donors (Lipinski definition) is 0. The summed E-state index contributed by atoms with van der Waals surface area (Å²) in [7, 11) is 2.07. The molecule has 4 rings (SSSR count). The summed E-state index contributed by atoms with van der Waals surface area (Å²) in [5.41, 5.74) is 2.18. The van der Waals surface area contributed by atoms with Gasteiger partial charge in [0, 0.05) is 55.9 Å². The molecule has 2 aliphatic rings. The molecule has 0 bridgehead atoms. The zero-order chi connectivity index (χ0) is 20.7. The first-order chi connectivity index (χ1) is 13.8. The second kappa shape index (κ2) is 7.71. The van der Waals surface area contributed by atoms with Crippen LogP contribution in [-0.4, -0.2) is 51.9 Å². The Bertz CT molecular complexity index is 989. The number of halogens is 1. The average Bonchev–Trinajstić information content (AvgIpc) is 3.17. The zero-order valence-corrected chi connectivity index (χ0v) is 17.1. The van der Waals surface area contributed by atoms with Gasteiger partial charge < -0.3 is 4.90 Å². The summed E-state index contributed by atoms with van der Waals surface area (Å²) in [4.78, 5) is 33.1. The van der Waals surface area contributed by atoms with Crippen LogP contribution in [0.2, 0.25) is 0 Å². The van der Waals surface area contributed by atoms with Crippen molar-refractivity contribution in [2.75, 3.05) is 26.7 Å². The molecule has 0 N–H and O–H groups in total. The summed E-state index contributed by atoms with van der Waals surface area (Å²) >= 11 is 0. The molecule has 2 aliphatic heterocycles. The van der Waals surface area contributed by atoms with E-state index in [-0.39, 0.29) is 29.9 Å². The summed E-state index contributed by atoms with van der Waals surface area (Å²) in [5.74, 6) is 0.531. The highest BCUT2D eigenvalue weighted by molar-refractivity contribution is 5.76. The third-order valence-corrected chi connectivity index (χ3v) is 6.33. The summed E-state index contributed by atoms with van der Waals surface area (Å²) in [6.07, 6.45) is 0.283. The minimum atomic E-state index is -0.304. The standard InChI is InChI=1S/C22H27FN4O2/c1-14-9-15(2)27(22(29)24-14)8-7-20(28)26-12-17-11-25(3)21(19(17)13-26)16-5-4-6-18(23)10-16/h4-6,9-10,17,19,21H,7-8,11-13H2,1-3H3/t17-,19+,21-/m0/s1. The Hall–Kier alpha value is -2.54. The van der Waals surface area contributed by atoms with Gasteiger partial charge in [0.1, 0.15) is 5.82 Å². The number of aryl methyl sites for hydroxylation is 2. The molecule has 2 saturated heterocycles. The van der Waals surface area contributed by atoms with Gasteiger partial charge in [-0.15, -0.1) is 0 Å². The van der Waals surface area contributed by atoms with Gasteiger partial charge in [-0.2, -0.15) is 4.98 Å². The van der Waals surface area contributed by atoms with Crippen molar-refractivity contribution in [3.05, 3.63) is 63.6 Å². The predicted octanol–water partition coefficient (Wildman–Crippen LogP) is 2.15. The predicted molar refractivity (Wildman–Crippen MR) is 108 cm³/mol. The summed E-state index contributed by atoms with van der Waals surface area (Å²) in [5, 5.41) is 0. The lowest BCUT2D eigenvalue weighted by atomic mass is 9.89. The molecule has 2 fully saturated rings. The number of carbonyl (C=O) groups is 1. The minimum Gasteiger partial charge on any atom is -0.342 e. The fourth-order valence-electron chi connectivity index (χ4n) is 5.07. The van der Waals surface area contributed by atoms with Crippen LogP contribution < -0.4 is 5.69 Å². The van der Waals surface area contributed by atoms with Crippen molar-refractivity contribution in [1.29, 1.82) is 0 Å². The molecule has 3 atom stereocenters. The molecule has 0 unspecified atom stereocenters. The number of hydrogen-bond acceptors (Lipinski definition) is 4. The Morgan fingerprint density at radius 3 is 2.72 bits per heavy atom. The van der Waals surface area contributed by atoms with Crippen molar-refractivity contribution >= 4 is 5.91 Å². The molecule has 0 aliphatic carbocycles. The van der Waals surface area contributed by atoms with Crippen LogP contribution in [0, 0.1) is 31.5 Å². The Balaban J connectivity index is 1.43. The van der Waals surface area contributed by atoms with E-state index < -0.39 is 0 Å². The van der Waals surface area contributed by atoms with Crippen LogP contribution in [0.25, 0.3) is 0 Å². The van der Waals surface area contributed by atoms with E-state index in [0.717, 1.165) is 24.3 Å². The third-order valence-electron chi connectivity index (χ3n) is 6.33. The molecule has 1 aromatic heterocycles. The smallest absolute Gasteiger partial charge is 0.342 e. The van der Waals surface area contributed by atoms with Crippen molar-refractivity contribution in [3.8, 4) is 0 Å². The van der Waals surface area contributed by atoms with Crippen LogP contribution >= 0.6 is 0 Å². The lowest BCUT2D eigenvalue weighted by molar-refractivity contribution is -0.130. The summed E-state index contributed by atoms with van der Waals surface area (Å²) < 4.78 is 15.3. The second-order valence-corrected chi connectivity index (χ2v) is 8.39. The molecule has 0 spiro atoms. The Kier molecular flexibility index (Phi) is 5.25. The Morgan fingerprint density at radius 1 is 1.21 bits per heavy atom. The number of aromatic nitrogens is 2. The molecule has 2 aromatic rings. The van der Waals surface area contributed by atoms with Gasteiger partial charge in [0.25, 0.3) is 0 Å². The number of benzene rings is 1. The lowest BCUT2D eigenvalue weighted by Crippen LogP contribution is -2.35. The second-order valence-electron chi connectivity index (χ2n) is 8.39. The number of nitrogens with zero attached hydrogens (tertiary/aromatic N) is 4. The van der Waals surface area contributed by atoms with E-state index in [1.54, 1.807) is 23.6 Å². The first kappa shape index (κ1) is 19.8. The van der Waals surface area contributed by atoms with Crippen LogP contribution in [0.5, 0.6) is 0 Å². The van der Waals surface area contributed by atoms with Gasteiger partial charge in [-0.25, -0.2) is 9.18 Å². The number of likely N-dealkylation sites (tertiary alicyclic amines) is 2. The number of carbonyl (C=O) groups excluding carboxylic acids is 1. The fraction of sp³-hybridized carbons (Fsp3) is 0.500. The maximum atomic E-state index is 13.7. The van der Waals surface area contributed by atoms with Gasteiger partial charge in [-0.3, -0.25) is 14.3 Å². The van der Waals surface area contributed by atoms with E-state index in [4.69, 9.17) is 0 Å². The Labute approximate surface area is 170 Å². The zero-order valence-electron chi connectivity index (χ0n) is 17.1. The Morgan fingerprint density at radius 2 is 2.00 bits per heavy atom. The normalized spacial score (nSPS) is 24.1. The monoisotopic (exact) mass is 398 g/mol. The average molecular weight is 398 g/mol. The topological polar surface area (TPSA) is 58.4 Å². The van der Waals surface area contributed by atoms with Crippen LogP contribution in [-0.2, 0) is 11.3 Å². The van der Waals surface area contributed by atoms with E-state index in [1.807, 2.05) is 24.0 Å². The molecule has 6 nitrogen and oxygen atoms in total. The molecule has 154 valence electrons. The van der Waals surface area contributed by atoms with Crippen molar-refractivity contribution in [2.45, 2.75) is 32.9 Å². The lowest BCUT2D eigenvalue weighted by Gasteiger charge is -2.27. The maximum Gasteiger partial charge on any atom is 0.347 e. The van der Waals surface area contributed by atoms with Crippen molar-refractivity contribution < 1.29 is 9.18 Å². The van der Waals surface area contributed by atoms with Crippen LogP contribution in [0.15, 0.2) is 35.1 Å². The quantitative estimate of drug-likeness (QED) is 0.792. The highest BCUT2D eigenvalue weighted by Crippen LogP contribution is 2.44. The highest BCUT2D eigenvalue weighted by Gasteiger charge is 2.47. The van der Waals surface area contributed by atoms with E-state index in [2.05, 4.69) is 16.9 Å². The molecule has 0 radical (unpaired) electrons. The molecule has 1 amide bonds. The SMILES string of the molecule is Cc1cc(C)n(CCC(=O)N2C[C@@H]3CN(C)[C@@H](c4cccc(F)c4)[C@@H]3C2)c(=O)n1. The van der Waals surface area contributed by atoms with E-state index in [9.17, 15) is 14.0 Å². The summed E-state index contributed by atoms with van der Waals surface area (Å²) in [6.45, 7) is 6.29. The third kappa shape index (κ3) is 3.83. The fourth-order valence-corrected chi connectivity index (χ4v) is 5.07. The molecule has 3 heterocycles. The number of amides is 1. The van der Waals surface area contributed by atoms with Crippen LogP contribution in [0.1, 0.15) is 29.4 Å². The van der Waals surface area contributed by atoms with E-state index in [1.165, 1.54) is 6.07 Å². The molecule has 1 aromatic carbocycles. The van der Waals surface area contributed by atoms with E-state index >= 15 is 0 Å². The molecular weight excluding hydrogens is 371 g/mol. The van der Waals surface area contributed by atoms with Gasteiger partial charge in [-0.1, -0.05) is 12.1 Å². The molecule has 0 saturated carbocycles. The highest BCUT2D eigenvalue weighted by atomic mass is 19.1. The van der Waals surface area contributed by atoms with Crippen molar-refractivity contribution in [3.63, 3.8) is 0 Å².